The Balaban J connectivity index is 1.02. The Hall–Kier alpha value is -4.20. The van der Waals surface area contributed by atoms with Gasteiger partial charge in [0.05, 0.1) is 36.9 Å². The highest BCUT2D eigenvalue weighted by atomic mass is 16.2. The first-order valence-electron chi connectivity index (χ1n) is 17.0. The first-order valence-corrected chi connectivity index (χ1v) is 17.0. The molecule has 0 saturated heterocycles. The van der Waals surface area contributed by atoms with Crippen molar-refractivity contribution in [1.29, 1.82) is 0 Å². The third-order valence-electron chi connectivity index (χ3n) is 10.7. The van der Waals surface area contributed by atoms with Crippen LogP contribution in [0, 0.1) is 22.7 Å². The lowest BCUT2D eigenvalue weighted by atomic mass is 9.77. The Morgan fingerprint density at radius 3 is 1.28 bits per heavy atom. The van der Waals surface area contributed by atoms with E-state index in [2.05, 4.69) is 107 Å². The molecule has 2 heterocycles. The van der Waals surface area contributed by atoms with Gasteiger partial charge >= 0.3 is 0 Å². The number of benzene rings is 2. The van der Waals surface area contributed by atoms with Crippen molar-refractivity contribution < 1.29 is 9.59 Å². The summed E-state index contributed by atoms with van der Waals surface area (Å²) in [6.45, 7) is 9.05. The minimum absolute atomic E-state index is 0.100. The molecule has 2 fully saturated rings. The largest absolute Gasteiger partial charge is 0.348 e. The van der Waals surface area contributed by atoms with Crippen molar-refractivity contribution in [1.82, 2.24) is 30.6 Å². The fourth-order valence-electron chi connectivity index (χ4n) is 7.33. The summed E-state index contributed by atoms with van der Waals surface area (Å²) < 4.78 is 0. The minimum atomic E-state index is -0.355. The molecule has 2 aliphatic rings. The predicted octanol–water partition coefficient (Wildman–Crippen LogP) is 7.80. The van der Waals surface area contributed by atoms with Crippen LogP contribution in [0.4, 0.5) is 0 Å². The van der Waals surface area contributed by atoms with Crippen LogP contribution in [-0.4, -0.2) is 31.8 Å². The first kappa shape index (κ1) is 31.8. The molecule has 8 heteroatoms. The zero-order chi connectivity index (χ0) is 32.3. The molecule has 0 bridgehead atoms. The van der Waals surface area contributed by atoms with Gasteiger partial charge < -0.3 is 20.6 Å². The molecule has 2 saturated carbocycles. The van der Waals surface area contributed by atoms with Gasteiger partial charge in [-0.3, -0.25) is 9.59 Å². The summed E-state index contributed by atoms with van der Waals surface area (Å²) >= 11 is 0. The second-order valence-corrected chi connectivity index (χ2v) is 14.4. The monoisotopic (exact) mass is 620 g/mol. The molecule has 0 aliphatic heterocycles. The van der Waals surface area contributed by atoms with E-state index in [-0.39, 0.29) is 22.6 Å². The van der Waals surface area contributed by atoms with Crippen LogP contribution in [0.5, 0.6) is 0 Å². The third-order valence-corrected chi connectivity index (χ3v) is 10.7. The summed E-state index contributed by atoms with van der Waals surface area (Å²) in [6, 6.07) is 16.8. The van der Waals surface area contributed by atoms with E-state index < -0.39 is 0 Å². The van der Waals surface area contributed by atoms with E-state index in [1.54, 1.807) is 0 Å². The maximum atomic E-state index is 12.9. The van der Waals surface area contributed by atoms with Gasteiger partial charge in [0.2, 0.25) is 11.8 Å². The standard InChI is InChI=1S/C38H48N6O2/c1-37(2,29-9-5-6-10-29)35(45)41-23-33-39-21-31(43-33)27-17-13-25(14-18-27)26-15-19-28(20-16-26)32-22-40-34(44-32)24-42-36(46)38(3,4)30-11-7-8-12-30/h13-22,29-30H,5-12,23-24H2,1-4H3,(H,39,43)(H,40,44)(H,41,45)(H,42,46). The molecule has 2 aromatic carbocycles. The maximum Gasteiger partial charge on any atom is 0.226 e. The number of rotatable bonds is 11. The highest BCUT2D eigenvalue weighted by Gasteiger charge is 2.39. The van der Waals surface area contributed by atoms with Crippen molar-refractivity contribution in [3.8, 4) is 33.6 Å². The van der Waals surface area contributed by atoms with Gasteiger partial charge in [-0.1, -0.05) is 102 Å². The maximum absolute atomic E-state index is 12.9. The van der Waals surface area contributed by atoms with Gasteiger partial charge in [0, 0.05) is 10.8 Å². The molecule has 0 spiro atoms. The topological polar surface area (TPSA) is 116 Å². The van der Waals surface area contributed by atoms with Crippen molar-refractivity contribution >= 4 is 11.8 Å². The van der Waals surface area contributed by atoms with E-state index >= 15 is 0 Å². The van der Waals surface area contributed by atoms with Crippen molar-refractivity contribution in [3.05, 3.63) is 72.6 Å². The molecule has 0 radical (unpaired) electrons. The average molecular weight is 621 g/mol. The molecule has 6 rings (SSSR count). The third kappa shape index (κ3) is 6.81. The number of aromatic nitrogens is 4. The molecule has 242 valence electrons. The number of nitrogens with one attached hydrogen (secondary N) is 4. The van der Waals surface area contributed by atoms with E-state index in [0.29, 0.717) is 24.9 Å². The highest BCUT2D eigenvalue weighted by Crippen LogP contribution is 2.40. The fourth-order valence-corrected chi connectivity index (χ4v) is 7.33. The number of hydrogen-bond donors (Lipinski definition) is 4. The van der Waals surface area contributed by atoms with Crippen LogP contribution < -0.4 is 10.6 Å². The van der Waals surface area contributed by atoms with Crippen molar-refractivity contribution in [2.75, 3.05) is 0 Å². The molecular formula is C38H48N6O2. The lowest BCUT2D eigenvalue weighted by Gasteiger charge is -2.30. The van der Waals surface area contributed by atoms with Gasteiger partial charge in [0.25, 0.3) is 0 Å². The summed E-state index contributed by atoms with van der Waals surface area (Å²) in [5.74, 6) is 2.62. The summed E-state index contributed by atoms with van der Waals surface area (Å²) in [4.78, 5) is 41.6. The van der Waals surface area contributed by atoms with Gasteiger partial charge in [0.1, 0.15) is 11.6 Å². The average Bonchev–Trinajstić information content (AvgIpc) is 3.90. The Morgan fingerprint density at radius 1 is 0.609 bits per heavy atom. The number of nitrogens with zero attached hydrogens (tertiary/aromatic N) is 2. The first-order chi connectivity index (χ1) is 22.1. The molecule has 4 N–H and O–H groups in total. The minimum Gasteiger partial charge on any atom is -0.348 e. The van der Waals surface area contributed by atoms with Gasteiger partial charge in [0.15, 0.2) is 0 Å². The second kappa shape index (κ2) is 13.3. The quantitative estimate of drug-likeness (QED) is 0.137. The fraction of sp³-hybridized carbons (Fsp3) is 0.474. The number of aromatic amines is 2. The van der Waals surface area contributed by atoms with Gasteiger partial charge in [-0.25, -0.2) is 9.97 Å². The van der Waals surface area contributed by atoms with Crippen LogP contribution in [0.1, 0.15) is 90.7 Å². The summed E-state index contributed by atoms with van der Waals surface area (Å²) in [7, 11) is 0. The van der Waals surface area contributed by atoms with Crippen LogP contribution in [-0.2, 0) is 22.7 Å². The number of carbonyl (C=O) groups excluding carboxylic acids is 2. The molecule has 2 amide bonds. The number of hydrogen-bond acceptors (Lipinski definition) is 4. The van der Waals surface area contributed by atoms with E-state index in [0.717, 1.165) is 71.0 Å². The smallest absolute Gasteiger partial charge is 0.226 e. The zero-order valence-corrected chi connectivity index (χ0v) is 27.7. The highest BCUT2D eigenvalue weighted by molar-refractivity contribution is 5.82. The van der Waals surface area contributed by atoms with Gasteiger partial charge in [-0.2, -0.15) is 0 Å². The normalized spacial score (nSPS) is 16.2. The number of H-pyrrole nitrogens is 2. The lowest BCUT2D eigenvalue weighted by Crippen LogP contribution is -2.41. The van der Waals surface area contributed by atoms with Crippen LogP contribution in [0.15, 0.2) is 60.9 Å². The van der Waals surface area contributed by atoms with Crippen LogP contribution in [0.2, 0.25) is 0 Å². The lowest BCUT2D eigenvalue weighted by molar-refractivity contribution is -0.133. The molecule has 2 aliphatic carbocycles. The van der Waals surface area contributed by atoms with Crippen LogP contribution >= 0.6 is 0 Å². The Labute approximate surface area is 272 Å². The van der Waals surface area contributed by atoms with Gasteiger partial charge in [-0.15, -0.1) is 0 Å². The molecule has 46 heavy (non-hydrogen) atoms. The Kier molecular flexibility index (Phi) is 9.16. The van der Waals surface area contributed by atoms with Crippen molar-refractivity contribution in [2.24, 2.45) is 22.7 Å². The zero-order valence-electron chi connectivity index (χ0n) is 27.7. The molecular weight excluding hydrogens is 572 g/mol. The number of imidazole rings is 2. The van der Waals surface area contributed by atoms with E-state index in [4.69, 9.17) is 0 Å². The van der Waals surface area contributed by atoms with Gasteiger partial charge in [-0.05, 0) is 59.8 Å². The van der Waals surface area contributed by atoms with Crippen molar-refractivity contribution in [2.45, 2.75) is 92.2 Å². The summed E-state index contributed by atoms with van der Waals surface area (Å²) in [5.41, 5.74) is 5.46. The molecule has 4 aromatic rings. The number of amides is 2. The van der Waals surface area contributed by atoms with E-state index in [9.17, 15) is 9.59 Å². The van der Waals surface area contributed by atoms with Crippen LogP contribution in [0.25, 0.3) is 33.6 Å². The SMILES string of the molecule is CC(C)(C(=O)NCc1ncc(-c2ccc(-c3ccc(-c4cnc(CNC(=O)C(C)(C)C5CCCC5)[nH]4)cc3)cc2)[nH]1)C1CCCC1. The Morgan fingerprint density at radius 2 is 0.935 bits per heavy atom. The predicted molar refractivity (Wildman–Crippen MR) is 182 cm³/mol. The number of carbonyl (C=O) groups is 2. The molecule has 0 atom stereocenters. The van der Waals surface area contributed by atoms with E-state index in [1.165, 1.54) is 25.7 Å². The summed E-state index contributed by atoms with van der Waals surface area (Å²) in [5, 5.41) is 6.20. The molecule has 8 nitrogen and oxygen atoms in total. The second-order valence-electron chi connectivity index (χ2n) is 14.4. The van der Waals surface area contributed by atoms with E-state index in [1.807, 2.05) is 12.4 Å². The summed E-state index contributed by atoms with van der Waals surface area (Å²) in [6.07, 6.45) is 13.1. The molecule has 0 unspecified atom stereocenters. The van der Waals surface area contributed by atoms with Crippen LogP contribution in [0.3, 0.4) is 0 Å². The molecule has 2 aromatic heterocycles. The van der Waals surface area contributed by atoms with Crippen molar-refractivity contribution in [3.63, 3.8) is 0 Å². The Bertz CT molecular complexity index is 1510.